The minimum Gasteiger partial charge on any atom is -0.375 e. The van der Waals surface area contributed by atoms with E-state index < -0.39 is 11.7 Å². The first-order valence-electron chi connectivity index (χ1n) is 5.12. The number of hydrogen-bond acceptors (Lipinski definition) is 2. The fraction of sp³-hybridized carbons (Fsp3) is 0.273. The second kappa shape index (κ2) is 6.34. The van der Waals surface area contributed by atoms with Gasteiger partial charge in [0.1, 0.15) is 0 Å². The number of benzene rings is 1. The number of hydrogen-bond donors (Lipinski definition) is 2. The summed E-state index contributed by atoms with van der Waals surface area (Å²) in [5.74, 6) is 0. The van der Waals surface area contributed by atoms with Gasteiger partial charge in [-0.05, 0) is 36.7 Å². The number of nitrogens with one attached hydrogen (secondary N) is 1. The Morgan fingerprint density at radius 2 is 2.17 bits per heavy atom. The van der Waals surface area contributed by atoms with E-state index in [1.807, 2.05) is 0 Å². The number of alkyl halides is 3. The molecule has 1 rings (SSSR count). The summed E-state index contributed by atoms with van der Waals surface area (Å²) < 4.78 is 37.3. The third kappa shape index (κ3) is 5.13. The highest BCUT2D eigenvalue weighted by atomic mass is 32.1. The summed E-state index contributed by atoms with van der Waals surface area (Å²) in [6.45, 7) is 0. The summed E-state index contributed by atoms with van der Waals surface area (Å²) in [4.78, 5) is 0. The molecule has 0 fully saturated rings. The van der Waals surface area contributed by atoms with E-state index in [1.54, 1.807) is 6.07 Å². The number of halogens is 3. The maximum Gasteiger partial charge on any atom is 0.416 e. The van der Waals surface area contributed by atoms with Gasteiger partial charge in [0.05, 0.1) is 5.56 Å². The van der Waals surface area contributed by atoms with Gasteiger partial charge in [0.25, 0.3) is 0 Å². The Morgan fingerprint density at radius 1 is 1.44 bits per heavy atom. The summed E-state index contributed by atoms with van der Waals surface area (Å²) >= 11 is 4.52. The maximum absolute atomic E-state index is 12.4. The molecule has 3 N–H and O–H groups in total. The van der Waals surface area contributed by atoms with E-state index in [-0.39, 0.29) is 5.11 Å². The zero-order valence-electron chi connectivity index (χ0n) is 9.37. The third-order valence-corrected chi connectivity index (χ3v) is 2.17. The van der Waals surface area contributed by atoms with Crippen LogP contribution in [0.4, 0.5) is 13.2 Å². The highest BCUT2D eigenvalue weighted by Gasteiger charge is 2.30. The average molecular weight is 275 g/mol. The van der Waals surface area contributed by atoms with E-state index in [9.17, 15) is 13.2 Å². The van der Waals surface area contributed by atoms with Gasteiger partial charge >= 0.3 is 6.18 Å². The van der Waals surface area contributed by atoms with Crippen LogP contribution in [0, 0.1) is 0 Å². The Hall–Kier alpha value is -1.63. The molecular formula is C11H12F3N3S. The van der Waals surface area contributed by atoms with Crippen LogP contribution in [0.5, 0.6) is 0 Å². The minimum atomic E-state index is -4.31. The number of nitrogens with two attached hydrogens (primary N) is 1. The topological polar surface area (TPSA) is 50.4 Å². The summed E-state index contributed by atoms with van der Waals surface area (Å²) in [5, 5.41) is 3.74. The van der Waals surface area contributed by atoms with E-state index >= 15 is 0 Å². The fourth-order valence-corrected chi connectivity index (χ4v) is 1.36. The summed E-state index contributed by atoms with van der Waals surface area (Å²) in [7, 11) is 0. The monoisotopic (exact) mass is 275 g/mol. The van der Waals surface area contributed by atoms with Crippen LogP contribution in [-0.4, -0.2) is 11.3 Å². The first-order chi connectivity index (χ1) is 8.39. The zero-order chi connectivity index (χ0) is 13.6. The molecule has 98 valence electrons. The zero-order valence-corrected chi connectivity index (χ0v) is 10.2. The lowest BCUT2D eigenvalue weighted by Crippen LogP contribution is -2.23. The Morgan fingerprint density at radius 3 is 2.78 bits per heavy atom. The van der Waals surface area contributed by atoms with Crippen molar-refractivity contribution in [2.75, 3.05) is 0 Å². The van der Waals surface area contributed by atoms with Gasteiger partial charge in [0, 0.05) is 6.21 Å². The molecule has 0 aliphatic rings. The number of rotatable bonds is 4. The van der Waals surface area contributed by atoms with Crippen LogP contribution in [0.2, 0.25) is 0 Å². The van der Waals surface area contributed by atoms with Gasteiger partial charge in [-0.1, -0.05) is 18.2 Å². The molecule has 0 unspecified atom stereocenters. The van der Waals surface area contributed by atoms with Crippen LogP contribution in [0.25, 0.3) is 0 Å². The number of nitrogens with zero attached hydrogens (tertiary/aromatic N) is 1. The van der Waals surface area contributed by atoms with Crippen molar-refractivity contribution < 1.29 is 13.2 Å². The van der Waals surface area contributed by atoms with Crippen LogP contribution in [0.1, 0.15) is 17.5 Å². The van der Waals surface area contributed by atoms with Gasteiger partial charge in [-0.2, -0.15) is 18.3 Å². The number of hydrazone groups is 1. The highest BCUT2D eigenvalue weighted by Crippen LogP contribution is 2.29. The van der Waals surface area contributed by atoms with Gasteiger partial charge in [-0.25, -0.2) is 0 Å². The Balaban J connectivity index is 2.53. The second-order valence-electron chi connectivity index (χ2n) is 3.52. The van der Waals surface area contributed by atoms with Gasteiger partial charge in [-0.3, -0.25) is 5.43 Å². The quantitative estimate of drug-likeness (QED) is 0.504. The van der Waals surface area contributed by atoms with Crippen molar-refractivity contribution in [1.82, 2.24) is 5.43 Å². The molecule has 0 radical (unpaired) electrons. The molecule has 0 bridgehead atoms. The van der Waals surface area contributed by atoms with E-state index in [4.69, 9.17) is 5.73 Å². The smallest absolute Gasteiger partial charge is 0.375 e. The van der Waals surface area contributed by atoms with E-state index in [2.05, 4.69) is 22.7 Å². The molecule has 1 aromatic carbocycles. The van der Waals surface area contributed by atoms with Gasteiger partial charge in [0.2, 0.25) is 0 Å². The predicted molar refractivity (Wildman–Crippen MR) is 68.2 cm³/mol. The molecule has 1 aromatic rings. The second-order valence-corrected chi connectivity index (χ2v) is 3.96. The van der Waals surface area contributed by atoms with E-state index in [0.29, 0.717) is 18.4 Å². The van der Waals surface area contributed by atoms with Gasteiger partial charge in [-0.15, -0.1) is 0 Å². The van der Waals surface area contributed by atoms with Crippen LogP contribution in [-0.2, 0) is 12.6 Å². The van der Waals surface area contributed by atoms with Crippen molar-refractivity contribution in [3.8, 4) is 0 Å². The molecule has 0 aliphatic heterocycles. The minimum absolute atomic E-state index is 0.0466. The summed E-state index contributed by atoms with van der Waals surface area (Å²) in [6.07, 6.45) is -1.83. The molecule has 0 saturated heterocycles. The van der Waals surface area contributed by atoms with Gasteiger partial charge in [0.15, 0.2) is 5.11 Å². The predicted octanol–water partition coefficient (Wildman–Crippen LogP) is 2.46. The molecular weight excluding hydrogens is 263 g/mol. The number of thiocarbonyl (C=S) groups is 1. The molecule has 0 spiro atoms. The van der Waals surface area contributed by atoms with Crippen molar-refractivity contribution in [3.63, 3.8) is 0 Å². The van der Waals surface area contributed by atoms with E-state index in [1.165, 1.54) is 12.3 Å². The molecule has 0 saturated carbocycles. The highest BCUT2D eigenvalue weighted by molar-refractivity contribution is 7.80. The molecule has 18 heavy (non-hydrogen) atoms. The van der Waals surface area contributed by atoms with Crippen LogP contribution < -0.4 is 11.2 Å². The molecule has 0 heterocycles. The lowest BCUT2D eigenvalue weighted by molar-refractivity contribution is -0.137. The van der Waals surface area contributed by atoms with E-state index in [0.717, 1.165) is 12.1 Å². The Labute approximate surface area is 108 Å². The van der Waals surface area contributed by atoms with Crippen molar-refractivity contribution in [3.05, 3.63) is 35.4 Å². The lowest BCUT2D eigenvalue weighted by Gasteiger charge is -2.07. The molecule has 0 aromatic heterocycles. The molecule has 0 atom stereocenters. The largest absolute Gasteiger partial charge is 0.416 e. The van der Waals surface area contributed by atoms with Gasteiger partial charge < -0.3 is 5.73 Å². The SMILES string of the molecule is NC(=S)NN=CCCc1cccc(C(F)(F)F)c1. The van der Waals surface area contributed by atoms with Crippen molar-refractivity contribution in [2.45, 2.75) is 19.0 Å². The summed E-state index contributed by atoms with van der Waals surface area (Å²) in [6, 6.07) is 5.22. The molecule has 0 aliphatic carbocycles. The standard InChI is InChI=1S/C11H12F3N3S/c12-11(13,14)9-5-1-3-8(7-9)4-2-6-16-17-10(15)18/h1,3,5-7H,2,4H2,(H3,15,17,18). The van der Waals surface area contributed by atoms with Crippen LogP contribution in [0.15, 0.2) is 29.4 Å². The fourth-order valence-electron chi connectivity index (χ4n) is 1.31. The molecule has 7 heteroatoms. The van der Waals surface area contributed by atoms with Crippen molar-refractivity contribution >= 4 is 23.5 Å². The van der Waals surface area contributed by atoms with Crippen molar-refractivity contribution in [2.24, 2.45) is 10.8 Å². The first kappa shape index (κ1) is 14.4. The van der Waals surface area contributed by atoms with Crippen molar-refractivity contribution in [1.29, 1.82) is 0 Å². The van der Waals surface area contributed by atoms with Crippen LogP contribution in [0.3, 0.4) is 0 Å². The summed E-state index contributed by atoms with van der Waals surface area (Å²) in [5.41, 5.74) is 7.46. The Kier molecular flexibility index (Phi) is 5.08. The lowest BCUT2D eigenvalue weighted by atomic mass is 10.1. The van der Waals surface area contributed by atoms with Crippen LogP contribution >= 0.6 is 12.2 Å². The molecule has 0 amide bonds. The molecule has 3 nitrogen and oxygen atoms in total. The third-order valence-electron chi connectivity index (χ3n) is 2.08. The number of aryl methyl sites for hydroxylation is 1. The Bertz CT molecular complexity index is 443. The normalized spacial score (nSPS) is 11.7. The maximum atomic E-state index is 12.4. The first-order valence-corrected chi connectivity index (χ1v) is 5.53. The average Bonchev–Trinajstić information content (AvgIpc) is 2.27.